The Balaban J connectivity index is 2.08. The molecule has 4 heteroatoms. The maximum absolute atomic E-state index is 11.4. The van der Waals surface area contributed by atoms with Crippen LogP contribution < -0.4 is 10.1 Å². The largest absolute Gasteiger partial charge is 0.497 e. The Morgan fingerprint density at radius 2 is 1.89 bits per heavy atom. The van der Waals surface area contributed by atoms with Crippen molar-refractivity contribution in [3.05, 3.63) is 29.8 Å². The van der Waals surface area contributed by atoms with Crippen molar-refractivity contribution >= 4 is 11.7 Å². The quantitative estimate of drug-likeness (QED) is 0.823. The van der Waals surface area contributed by atoms with Gasteiger partial charge >= 0.3 is 0 Å². The van der Waals surface area contributed by atoms with Crippen LogP contribution in [0.4, 0.5) is 0 Å². The number of hydrogen-bond donors (Lipinski definition) is 1. The van der Waals surface area contributed by atoms with Gasteiger partial charge in [0.15, 0.2) is 0 Å². The number of ketones is 1. The summed E-state index contributed by atoms with van der Waals surface area (Å²) < 4.78 is 5.15. The average molecular weight is 261 g/mol. The van der Waals surface area contributed by atoms with Crippen LogP contribution in [0.25, 0.3) is 0 Å². The van der Waals surface area contributed by atoms with Crippen molar-refractivity contribution in [3.63, 3.8) is 0 Å². The van der Waals surface area contributed by atoms with E-state index in [4.69, 9.17) is 4.74 Å². The third-order valence-corrected chi connectivity index (χ3v) is 3.92. The second-order valence-corrected chi connectivity index (χ2v) is 5.10. The molecule has 1 aromatic carbocycles. The molecule has 0 aliphatic heterocycles. The summed E-state index contributed by atoms with van der Waals surface area (Å²) in [6, 6.07) is 7.94. The Bertz CT molecular complexity index is 475. The van der Waals surface area contributed by atoms with Crippen molar-refractivity contribution in [3.8, 4) is 5.75 Å². The van der Waals surface area contributed by atoms with Crippen molar-refractivity contribution in [1.29, 1.82) is 0 Å². The Morgan fingerprint density at radius 3 is 2.32 bits per heavy atom. The topological polar surface area (TPSA) is 55.4 Å². The van der Waals surface area contributed by atoms with Gasteiger partial charge in [-0.15, -0.1) is 0 Å². The van der Waals surface area contributed by atoms with Gasteiger partial charge in [0.25, 0.3) is 5.91 Å². The fourth-order valence-electron chi connectivity index (χ4n) is 2.49. The molecule has 0 aromatic heterocycles. The smallest absolute Gasteiger partial charge is 0.287 e. The first-order chi connectivity index (χ1) is 9.07. The number of carbonyl (C=O) groups is 2. The maximum Gasteiger partial charge on any atom is 0.287 e. The van der Waals surface area contributed by atoms with Crippen molar-refractivity contribution in [2.75, 3.05) is 13.7 Å². The summed E-state index contributed by atoms with van der Waals surface area (Å²) in [7, 11) is 1.64. The number of nitrogens with one attached hydrogen (secondary N) is 1. The van der Waals surface area contributed by atoms with E-state index >= 15 is 0 Å². The zero-order chi connectivity index (χ0) is 13.9. The summed E-state index contributed by atoms with van der Waals surface area (Å²) in [5.74, 6) is -0.116. The van der Waals surface area contributed by atoms with Crippen molar-refractivity contribution in [1.82, 2.24) is 5.32 Å². The van der Waals surface area contributed by atoms with Crippen LogP contribution in [0.5, 0.6) is 5.75 Å². The fraction of sp³-hybridized carbons (Fsp3) is 0.467. The third kappa shape index (κ3) is 2.78. The molecule has 4 nitrogen and oxygen atoms in total. The predicted octanol–water partition coefficient (Wildman–Crippen LogP) is 1.82. The van der Waals surface area contributed by atoms with Crippen LogP contribution in [0.15, 0.2) is 24.3 Å². The second-order valence-electron chi connectivity index (χ2n) is 5.10. The molecule has 0 radical (unpaired) electrons. The lowest BCUT2D eigenvalue weighted by atomic mass is 9.64. The highest BCUT2D eigenvalue weighted by Gasteiger charge is 2.39. The number of hydrogen-bond acceptors (Lipinski definition) is 3. The first kappa shape index (κ1) is 13.6. The lowest BCUT2D eigenvalue weighted by Crippen LogP contribution is -2.46. The first-order valence-corrected chi connectivity index (χ1v) is 6.51. The summed E-state index contributed by atoms with van der Waals surface area (Å²) in [5.41, 5.74) is 1.18. The standard InChI is InChI=1S/C15H19NO3/c1-11(17)14(18)16-10-15(8-3-9-15)12-4-6-13(19-2)7-5-12/h4-7H,3,8-10H2,1-2H3,(H,16,18). The number of Topliss-reactive ketones (excluding diaryl/α,β-unsaturated/α-hetero) is 1. The van der Waals surface area contributed by atoms with Gasteiger partial charge in [0, 0.05) is 18.9 Å². The molecular weight excluding hydrogens is 242 g/mol. The van der Waals surface area contributed by atoms with E-state index in [0.717, 1.165) is 25.0 Å². The second kappa shape index (κ2) is 5.43. The van der Waals surface area contributed by atoms with E-state index in [9.17, 15) is 9.59 Å². The minimum Gasteiger partial charge on any atom is -0.497 e. The molecule has 1 aliphatic carbocycles. The van der Waals surface area contributed by atoms with E-state index < -0.39 is 11.7 Å². The first-order valence-electron chi connectivity index (χ1n) is 6.51. The minimum absolute atomic E-state index is 0.0165. The number of carbonyl (C=O) groups excluding carboxylic acids is 2. The van der Waals surface area contributed by atoms with Crippen LogP contribution in [0, 0.1) is 0 Å². The number of ether oxygens (including phenoxy) is 1. The molecular formula is C15H19NO3. The Kier molecular flexibility index (Phi) is 3.88. The van der Waals surface area contributed by atoms with Crippen LogP contribution in [-0.4, -0.2) is 25.3 Å². The van der Waals surface area contributed by atoms with Gasteiger partial charge < -0.3 is 10.1 Å². The Labute approximate surface area is 113 Å². The minimum atomic E-state index is -0.500. The molecule has 1 saturated carbocycles. The molecule has 0 atom stereocenters. The van der Waals surface area contributed by atoms with Crippen LogP contribution in [-0.2, 0) is 15.0 Å². The fourth-order valence-corrected chi connectivity index (χ4v) is 2.49. The van der Waals surface area contributed by atoms with Gasteiger partial charge in [-0.2, -0.15) is 0 Å². The Hall–Kier alpha value is -1.84. The molecule has 102 valence electrons. The number of rotatable bonds is 5. The van der Waals surface area contributed by atoms with Crippen LogP contribution >= 0.6 is 0 Å². The highest BCUT2D eigenvalue weighted by molar-refractivity contribution is 6.35. The average Bonchev–Trinajstić information content (AvgIpc) is 2.37. The summed E-state index contributed by atoms with van der Waals surface area (Å²) in [6.45, 7) is 1.81. The zero-order valence-electron chi connectivity index (χ0n) is 11.4. The van der Waals surface area contributed by atoms with Gasteiger partial charge in [0.1, 0.15) is 5.75 Å². The predicted molar refractivity (Wildman–Crippen MR) is 72.2 cm³/mol. The van der Waals surface area contributed by atoms with Gasteiger partial charge in [0.05, 0.1) is 7.11 Å². The van der Waals surface area contributed by atoms with E-state index in [1.165, 1.54) is 12.5 Å². The SMILES string of the molecule is COc1ccc(C2(CNC(=O)C(C)=O)CCC2)cc1. The van der Waals surface area contributed by atoms with E-state index in [2.05, 4.69) is 5.32 Å². The molecule has 0 saturated heterocycles. The number of amides is 1. The van der Waals surface area contributed by atoms with E-state index in [1.54, 1.807) is 7.11 Å². The van der Waals surface area contributed by atoms with E-state index in [-0.39, 0.29) is 5.41 Å². The van der Waals surface area contributed by atoms with Crippen molar-refractivity contribution in [2.45, 2.75) is 31.6 Å². The molecule has 19 heavy (non-hydrogen) atoms. The van der Waals surface area contributed by atoms with Crippen LogP contribution in [0.1, 0.15) is 31.7 Å². The van der Waals surface area contributed by atoms with Gasteiger partial charge in [-0.05, 0) is 30.5 Å². The van der Waals surface area contributed by atoms with Crippen LogP contribution in [0.2, 0.25) is 0 Å². The summed E-state index contributed by atoms with van der Waals surface area (Å²) >= 11 is 0. The molecule has 1 aliphatic rings. The molecule has 1 amide bonds. The summed E-state index contributed by atoms with van der Waals surface area (Å²) in [4.78, 5) is 22.3. The molecule has 1 aromatic rings. The van der Waals surface area contributed by atoms with Gasteiger partial charge in [-0.25, -0.2) is 0 Å². The molecule has 1 N–H and O–H groups in total. The molecule has 0 bridgehead atoms. The summed E-state index contributed by atoms with van der Waals surface area (Å²) in [5, 5.41) is 2.73. The zero-order valence-corrected chi connectivity index (χ0v) is 11.4. The third-order valence-electron chi connectivity index (χ3n) is 3.92. The molecule has 0 heterocycles. The van der Waals surface area contributed by atoms with Gasteiger partial charge in [-0.1, -0.05) is 18.6 Å². The highest BCUT2D eigenvalue weighted by Crippen LogP contribution is 2.43. The summed E-state index contributed by atoms with van der Waals surface area (Å²) in [6.07, 6.45) is 3.23. The van der Waals surface area contributed by atoms with Gasteiger partial charge in [-0.3, -0.25) is 9.59 Å². The number of benzene rings is 1. The highest BCUT2D eigenvalue weighted by atomic mass is 16.5. The lowest BCUT2D eigenvalue weighted by Gasteiger charge is -2.42. The van der Waals surface area contributed by atoms with E-state index in [1.807, 2.05) is 24.3 Å². The van der Waals surface area contributed by atoms with Gasteiger partial charge in [0.2, 0.25) is 5.78 Å². The Morgan fingerprint density at radius 1 is 1.26 bits per heavy atom. The molecule has 1 fully saturated rings. The molecule has 2 rings (SSSR count). The van der Waals surface area contributed by atoms with Crippen LogP contribution in [0.3, 0.4) is 0 Å². The van der Waals surface area contributed by atoms with Crippen molar-refractivity contribution < 1.29 is 14.3 Å². The lowest BCUT2D eigenvalue weighted by molar-refractivity contribution is -0.136. The molecule has 0 spiro atoms. The molecule has 0 unspecified atom stereocenters. The maximum atomic E-state index is 11.4. The number of methoxy groups -OCH3 is 1. The normalized spacial score (nSPS) is 16.3. The monoisotopic (exact) mass is 261 g/mol. The van der Waals surface area contributed by atoms with Crippen molar-refractivity contribution in [2.24, 2.45) is 0 Å². The van der Waals surface area contributed by atoms with E-state index in [0.29, 0.717) is 6.54 Å².